The van der Waals surface area contributed by atoms with E-state index in [-0.39, 0.29) is 15.9 Å². The third kappa shape index (κ3) is 4.30. The summed E-state index contributed by atoms with van der Waals surface area (Å²) in [5, 5.41) is 0.110. The van der Waals surface area contributed by atoms with E-state index in [9.17, 15) is 8.42 Å². The molecule has 0 fully saturated rings. The number of aromatic nitrogens is 2. The molecule has 0 radical (unpaired) electrons. The molecule has 1 aromatic heterocycles. The molecule has 0 spiro atoms. The monoisotopic (exact) mass is 327 g/mol. The molecule has 0 aliphatic heterocycles. The number of ether oxygens (including phenoxy) is 1. The van der Waals surface area contributed by atoms with Crippen molar-refractivity contribution in [2.75, 3.05) is 11.3 Å². The third-order valence-corrected chi connectivity index (χ3v) is 4.00. The van der Waals surface area contributed by atoms with E-state index >= 15 is 0 Å². The predicted molar refractivity (Wildman–Crippen MR) is 80.1 cm³/mol. The van der Waals surface area contributed by atoms with Crippen LogP contribution in [0.4, 0.5) is 5.82 Å². The molecule has 112 valence electrons. The second-order valence-electron chi connectivity index (χ2n) is 4.15. The summed E-state index contributed by atoms with van der Waals surface area (Å²) in [5.41, 5.74) is 0. The van der Waals surface area contributed by atoms with Crippen LogP contribution < -0.4 is 9.46 Å². The Hall–Kier alpha value is -1.86. The van der Waals surface area contributed by atoms with Crippen LogP contribution in [0.1, 0.15) is 13.3 Å². The molecule has 0 saturated heterocycles. The lowest BCUT2D eigenvalue weighted by atomic mass is 10.3. The van der Waals surface area contributed by atoms with Gasteiger partial charge in [-0.3, -0.25) is 9.71 Å². The SMILES string of the molecule is CCCOc1ccc(S(=O)(=O)Nc2cncc(Cl)n2)cc1. The minimum Gasteiger partial charge on any atom is -0.494 e. The summed E-state index contributed by atoms with van der Waals surface area (Å²) in [4.78, 5) is 7.70. The van der Waals surface area contributed by atoms with Crippen LogP contribution in [0.25, 0.3) is 0 Å². The van der Waals surface area contributed by atoms with E-state index in [4.69, 9.17) is 16.3 Å². The number of halogens is 1. The highest BCUT2D eigenvalue weighted by Crippen LogP contribution is 2.18. The van der Waals surface area contributed by atoms with Crippen LogP contribution in [-0.4, -0.2) is 25.0 Å². The second kappa shape index (κ2) is 6.73. The Bertz CT molecular complexity index is 705. The maximum absolute atomic E-state index is 12.2. The van der Waals surface area contributed by atoms with Gasteiger partial charge in [0.2, 0.25) is 0 Å². The average Bonchev–Trinajstić information content (AvgIpc) is 2.45. The van der Waals surface area contributed by atoms with Gasteiger partial charge in [-0.25, -0.2) is 13.4 Å². The summed E-state index contributed by atoms with van der Waals surface area (Å²) >= 11 is 5.66. The number of nitrogens with zero attached hydrogens (tertiary/aromatic N) is 2. The van der Waals surface area contributed by atoms with Crippen molar-refractivity contribution in [2.24, 2.45) is 0 Å². The Morgan fingerprint density at radius 3 is 2.57 bits per heavy atom. The van der Waals surface area contributed by atoms with E-state index in [0.717, 1.165) is 6.42 Å². The van der Waals surface area contributed by atoms with Crippen LogP contribution in [0.2, 0.25) is 5.15 Å². The van der Waals surface area contributed by atoms with E-state index in [1.807, 2.05) is 6.92 Å². The molecular weight excluding hydrogens is 314 g/mol. The van der Waals surface area contributed by atoms with Gasteiger partial charge in [0.05, 0.1) is 23.9 Å². The van der Waals surface area contributed by atoms with Crippen LogP contribution in [0.3, 0.4) is 0 Å². The zero-order chi connectivity index (χ0) is 15.3. The first-order valence-electron chi connectivity index (χ1n) is 6.24. The summed E-state index contributed by atoms with van der Waals surface area (Å²) in [6, 6.07) is 6.14. The maximum Gasteiger partial charge on any atom is 0.263 e. The van der Waals surface area contributed by atoms with Gasteiger partial charge >= 0.3 is 0 Å². The van der Waals surface area contributed by atoms with Gasteiger partial charge in [-0.1, -0.05) is 18.5 Å². The van der Waals surface area contributed by atoms with E-state index in [0.29, 0.717) is 12.4 Å². The zero-order valence-corrected chi connectivity index (χ0v) is 12.9. The quantitative estimate of drug-likeness (QED) is 0.882. The highest BCUT2D eigenvalue weighted by atomic mass is 35.5. The maximum atomic E-state index is 12.2. The van der Waals surface area contributed by atoms with Crippen molar-refractivity contribution in [3.8, 4) is 5.75 Å². The molecule has 6 nitrogen and oxygen atoms in total. The van der Waals surface area contributed by atoms with Crippen LogP contribution >= 0.6 is 11.6 Å². The number of benzene rings is 1. The molecule has 1 N–H and O–H groups in total. The Labute approximate surface area is 128 Å². The van der Waals surface area contributed by atoms with Gasteiger partial charge in [0.15, 0.2) is 5.82 Å². The molecule has 0 bridgehead atoms. The van der Waals surface area contributed by atoms with Crippen molar-refractivity contribution in [3.05, 3.63) is 41.8 Å². The van der Waals surface area contributed by atoms with E-state index in [1.165, 1.54) is 24.5 Å². The molecule has 8 heteroatoms. The number of hydrogen-bond donors (Lipinski definition) is 1. The lowest BCUT2D eigenvalue weighted by Gasteiger charge is -2.08. The van der Waals surface area contributed by atoms with Crippen molar-refractivity contribution in [1.29, 1.82) is 0 Å². The first kappa shape index (κ1) is 15.5. The van der Waals surface area contributed by atoms with Gasteiger partial charge in [-0.15, -0.1) is 0 Å². The second-order valence-corrected chi connectivity index (χ2v) is 6.22. The van der Waals surface area contributed by atoms with Gasteiger partial charge in [0.1, 0.15) is 10.9 Å². The molecular formula is C13H14ClN3O3S. The summed E-state index contributed by atoms with van der Waals surface area (Å²) < 4.78 is 32.1. The highest BCUT2D eigenvalue weighted by Gasteiger charge is 2.15. The Morgan fingerprint density at radius 1 is 1.24 bits per heavy atom. The van der Waals surface area contributed by atoms with Crippen LogP contribution in [0, 0.1) is 0 Å². The molecule has 1 aromatic carbocycles. The normalized spacial score (nSPS) is 11.1. The molecule has 21 heavy (non-hydrogen) atoms. The topological polar surface area (TPSA) is 81.2 Å². The molecule has 2 aromatic rings. The summed E-state index contributed by atoms with van der Waals surface area (Å²) in [6.07, 6.45) is 3.48. The fourth-order valence-corrected chi connectivity index (χ4v) is 2.66. The van der Waals surface area contributed by atoms with Crippen molar-refractivity contribution >= 4 is 27.4 Å². The van der Waals surface area contributed by atoms with Gasteiger partial charge in [0.25, 0.3) is 10.0 Å². The first-order valence-corrected chi connectivity index (χ1v) is 8.10. The number of sulfonamides is 1. The molecule has 0 aliphatic rings. The van der Waals surface area contributed by atoms with Crippen LogP contribution in [-0.2, 0) is 10.0 Å². The van der Waals surface area contributed by atoms with Crippen molar-refractivity contribution < 1.29 is 13.2 Å². The summed E-state index contributed by atoms with van der Waals surface area (Å²) in [7, 11) is -3.73. The van der Waals surface area contributed by atoms with E-state index in [2.05, 4.69) is 14.7 Å². The standard InChI is InChI=1S/C13H14ClN3O3S/c1-2-7-20-10-3-5-11(6-4-10)21(18,19)17-13-9-15-8-12(14)16-13/h3-6,8-9H,2,7H2,1H3,(H,16,17). The number of rotatable bonds is 6. The minimum atomic E-state index is -3.73. The Kier molecular flexibility index (Phi) is 4.98. The van der Waals surface area contributed by atoms with Gasteiger partial charge in [-0.05, 0) is 30.7 Å². The third-order valence-electron chi connectivity index (χ3n) is 2.45. The largest absolute Gasteiger partial charge is 0.494 e. The fraction of sp³-hybridized carbons (Fsp3) is 0.231. The van der Waals surface area contributed by atoms with Crippen molar-refractivity contribution in [1.82, 2.24) is 9.97 Å². The Balaban J connectivity index is 2.15. The zero-order valence-electron chi connectivity index (χ0n) is 11.3. The molecule has 1 heterocycles. The average molecular weight is 328 g/mol. The molecule has 0 unspecified atom stereocenters. The van der Waals surface area contributed by atoms with Gasteiger partial charge in [0, 0.05) is 0 Å². The number of nitrogens with one attached hydrogen (secondary N) is 1. The van der Waals surface area contributed by atoms with Crippen molar-refractivity contribution in [3.63, 3.8) is 0 Å². The smallest absolute Gasteiger partial charge is 0.263 e. The van der Waals surface area contributed by atoms with Crippen LogP contribution in [0.5, 0.6) is 5.75 Å². The summed E-state index contributed by atoms with van der Waals surface area (Å²) in [6.45, 7) is 2.58. The molecule has 0 aliphatic carbocycles. The molecule has 0 atom stereocenters. The number of hydrogen-bond acceptors (Lipinski definition) is 5. The predicted octanol–water partition coefficient (Wildman–Crippen LogP) is 2.72. The number of anilines is 1. The molecule has 2 rings (SSSR count). The Morgan fingerprint density at radius 2 is 1.95 bits per heavy atom. The fourth-order valence-electron chi connectivity index (χ4n) is 1.52. The van der Waals surface area contributed by atoms with E-state index in [1.54, 1.807) is 12.1 Å². The van der Waals surface area contributed by atoms with Gasteiger partial charge < -0.3 is 4.74 Å². The molecule has 0 amide bonds. The lowest BCUT2D eigenvalue weighted by Crippen LogP contribution is -2.14. The molecule has 0 saturated carbocycles. The van der Waals surface area contributed by atoms with Gasteiger partial charge in [-0.2, -0.15) is 0 Å². The first-order chi connectivity index (χ1) is 10.0. The summed E-state index contributed by atoms with van der Waals surface area (Å²) in [5.74, 6) is 0.687. The minimum absolute atomic E-state index is 0.0637. The van der Waals surface area contributed by atoms with Crippen molar-refractivity contribution in [2.45, 2.75) is 18.2 Å². The highest BCUT2D eigenvalue weighted by molar-refractivity contribution is 7.92. The van der Waals surface area contributed by atoms with Crippen LogP contribution in [0.15, 0.2) is 41.6 Å². The van der Waals surface area contributed by atoms with E-state index < -0.39 is 10.0 Å². The lowest BCUT2D eigenvalue weighted by molar-refractivity contribution is 0.317.